The molecule has 3 atom stereocenters. The molecule has 2 aliphatic rings. The molecule has 0 spiro atoms. The molecular formula is C37H36BrN3O6. The molecule has 10 heteroatoms. The molecule has 0 saturated heterocycles. The number of ether oxygens (including phenoxy) is 1. The molecular weight excluding hydrogens is 662 g/mol. The van der Waals surface area contributed by atoms with Gasteiger partial charge in [-0.05, 0) is 65.6 Å². The number of anilines is 1. The first-order valence-electron chi connectivity index (χ1n) is 15.5. The third kappa shape index (κ3) is 6.04. The van der Waals surface area contributed by atoms with Crippen LogP contribution in [0.15, 0.2) is 106 Å². The van der Waals surface area contributed by atoms with E-state index in [0.717, 1.165) is 21.2 Å². The van der Waals surface area contributed by atoms with Gasteiger partial charge in [0.25, 0.3) is 11.5 Å². The van der Waals surface area contributed by atoms with Crippen LogP contribution in [0.2, 0.25) is 0 Å². The molecule has 0 fully saturated rings. The molecule has 1 aromatic heterocycles. The molecule has 6 rings (SSSR count). The van der Waals surface area contributed by atoms with Crippen LogP contribution in [0, 0.1) is 5.92 Å². The number of aliphatic hydroxyl groups excluding tert-OH is 1. The first-order chi connectivity index (χ1) is 22.6. The summed E-state index contributed by atoms with van der Waals surface area (Å²) in [4.78, 5) is 43.5. The van der Waals surface area contributed by atoms with Crippen molar-refractivity contribution in [1.82, 2.24) is 9.47 Å². The molecule has 0 saturated carbocycles. The smallest absolute Gasteiger partial charge is 0.297 e. The van der Waals surface area contributed by atoms with Crippen LogP contribution < -0.4 is 15.2 Å². The van der Waals surface area contributed by atoms with Crippen molar-refractivity contribution in [2.75, 3.05) is 18.6 Å². The molecule has 0 aliphatic carbocycles. The lowest BCUT2D eigenvalue weighted by Gasteiger charge is -2.36. The molecule has 3 heterocycles. The molecule has 0 unspecified atom stereocenters. The predicted octanol–water partition coefficient (Wildman–Crippen LogP) is 4.87. The van der Waals surface area contributed by atoms with E-state index < -0.39 is 17.4 Å². The van der Waals surface area contributed by atoms with Gasteiger partial charge >= 0.3 is 0 Å². The van der Waals surface area contributed by atoms with Gasteiger partial charge < -0.3 is 24.7 Å². The number of nitrogens with zero attached hydrogens (tertiary/aromatic N) is 3. The number of hydrogen-bond acceptors (Lipinski definition) is 6. The van der Waals surface area contributed by atoms with E-state index >= 15 is 0 Å². The number of carbonyl (C=O) groups is 2. The average molecular weight is 699 g/mol. The van der Waals surface area contributed by atoms with Crippen molar-refractivity contribution >= 4 is 33.4 Å². The Kier molecular flexibility index (Phi) is 9.18. The van der Waals surface area contributed by atoms with E-state index in [2.05, 4.69) is 15.9 Å². The van der Waals surface area contributed by atoms with Gasteiger partial charge in [0.15, 0.2) is 11.4 Å². The number of aromatic nitrogens is 1. The maximum atomic E-state index is 14.1. The van der Waals surface area contributed by atoms with Crippen molar-refractivity contribution < 1.29 is 24.5 Å². The number of aliphatic hydroxyl groups is 2. The van der Waals surface area contributed by atoms with Gasteiger partial charge in [-0.2, -0.15) is 0 Å². The highest BCUT2D eigenvalue weighted by Crippen LogP contribution is 2.46. The van der Waals surface area contributed by atoms with E-state index in [0.29, 0.717) is 29.9 Å². The topological polar surface area (TPSA) is 112 Å². The largest absolute Gasteiger partial charge is 0.491 e. The SMILES string of the molecule is COc1cccn(-c2cccc(CN3C(=O)[C@@](O)([C@@H](C)/C=C/CC(=O)N4Cc5ccccc5C[C@H]4CO)c4cc(Br)ccc43)c2)c1=O. The third-order valence-corrected chi connectivity index (χ3v) is 9.65. The molecule has 0 bridgehead atoms. The molecule has 47 heavy (non-hydrogen) atoms. The third-order valence-electron chi connectivity index (χ3n) is 9.16. The second kappa shape index (κ2) is 13.3. The van der Waals surface area contributed by atoms with Crippen LogP contribution in [0.1, 0.15) is 35.6 Å². The summed E-state index contributed by atoms with van der Waals surface area (Å²) < 4.78 is 7.39. The van der Waals surface area contributed by atoms with Crippen LogP contribution >= 0.6 is 15.9 Å². The standard InChI is InChI=1S/C37H36BrN3O6/c1-24(8-5-14-34(43)40-22-27-11-4-3-10-26(27)19-30(40)23-42)37(46)31-20-28(38)15-16-32(31)41(36(37)45)21-25-9-6-12-29(18-25)39-17-7-13-33(47-2)35(39)44/h3-13,15-18,20,24,30,42,46H,14,19,21-23H2,1-2H3/b8-5+/t24-,30-,37+/m0/s1. The number of methoxy groups -OCH3 is 1. The molecule has 2 aliphatic heterocycles. The Balaban J connectivity index is 1.22. The fourth-order valence-electron chi connectivity index (χ4n) is 6.57. The summed E-state index contributed by atoms with van der Waals surface area (Å²) >= 11 is 3.49. The number of amides is 2. The predicted molar refractivity (Wildman–Crippen MR) is 182 cm³/mol. The Morgan fingerprint density at radius 1 is 1.06 bits per heavy atom. The highest BCUT2D eigenvalue weighted by molar-refractivity contribution is 9.10. The fraction of sp³-hybridized carbons (Fsp3) is 0.270. The normalized spacial score (nSPS) is 19.5. The van der Waals surface area contributed by atoms with Gasteiger partial charge in [-0.25, -0.2) is 0 Å². The maximum absolute atomic E-state index is 14.1. The monoisotopic (exact) mass is 697 g/mol. The first kappa shape index (κ1) is 32.4. The zero-order valence-corrected chi connectivity index (χ0v) is 27.8. The lowest BCUT2D eigenvalue weighted by Crippen LogP contribution is -2.46. The summed E-state index contributed by atoms with van der Waals surface area (Å²) in [6.07, 6.45) is 5.73. The van der Waals surface area contributed by atoms with Gasteiger partial charge in [0, 0.05) is 40.8 Å². The molecule has 9 nitrogen and oxygen atoms in total. The summed E-state index contributed by atoms with van der Waals surface area (Å²) in [6, 6.07) is 23.7. The molecule has 2 amide bonds. The molecule has 2 N–H and O–H groups in total. The summed E-state index contributed by atoms with van der Waals surface area (Å²) in [5.41, 5.74) is 2.45. The van der Waals surface area contributed by atoms with Gasteiger partial charge in [-0.15, -0.1) is 0 Å². The second-order valence-corrected chi connectivity index (χ2v) is 12.9. The minimum atomic E-state index is -1.88. The van der Waals surface area contributed by atoms with Crippen molar-refractivity contribution in [3.8, 4) is 11.4 Å². The van der Waals surface area contributed by atoms with E-state index in [-0.39, 0.29) is 42.8 Å². The van der Waals surface area contributed by atoms with Gasteiger partial charge in [-0.1, -0.05) is 71.4 Å². The fourth-order valence-corrected chi connectivity index (χ4v) is 6.93. The lowest BCUT2D eigenvalue weighted by atomic mass is 9.83. The Hall–Kier alpha value is -4.51. The zero-order valence-electron chi connectivity index (χ0n) is 26.2. The van der Waals surface area contributed by atoms with Crippen molar-refractivity contribution in [3.63, 3.8) is 0 Å². The molecule has 3 aromatic carbocycles. The highest BCUT2D eigenvalue weighted by Gasteiger charge is 2.52. The van der Waals surface area contributed by atoms with Crippen molar-refractivity contribution in [2.45, 2.75) is 44.5 Å². The van der Waals surface area contributed by atoms with Crippen LogP contribution in [0.4, 0.5) is 5.69 Å². The summed E-state index contributed by atoms with van der Waals surface area (Å²) in [5.74, 6) is -1.06. The number of carbonyl (C=O) groups excluding carboxylic acids is 2. The minimum Gasteiger partial charge on any atom is -0.491 e. The number of rotatable bonds is 9. The minimum absolute atomic E-state index is 0.0682. The van der Waals surface area contributed by atoms with E-state index in [1.54, 1.807) is 65.4 Å². The van der Waals surface area contributed by atoms with Gasteiger partial charge in [0.2, 0.25) is 5.91 Å². The average Bonchev–Trinajstić information content (AvgIpc) is 3.29. The van der Waals surface area contributed by atoms with Crippen LogP contribution in [0.25, 0.3) is 5.69 Å². The number of halogens is 1. The lowest BCUT2D eigenvalue weighted by molar-refractivity contribution is -0.139. The van der Waals surface area contributed by atoms with Crippen molar-refractivity contribution in [1.29, 1.82) is 0 Å². The van der Waals surface area contributed by atoms with Crippen LogP contribution in [-0.2, 0) is 34.7 Å². The van der Waals surface area contributed by atoms with Gasteiger partial charge in [-0.3, -0.25) is 19.0 Å². The Bertz CT molecular complexity index is 1920. The Morgan fingerprint density at radius 3 is 2.62 bits per heavy atom. The molecule has 4 aromatic rings. The number of fused-ring (bicyclic) bond motifs is 2. The number of hydrogen-bond donors (Lipinski definition) is 2. The Morgan fingerprint density at radius 2 is 1.85 bits per heavy atom. The van der Waals surface area contributed by atoms with Gasteiger partial charge in [0.05, 0.1) is 32.0 Å². The molecule has 0 radical (unpaired) electrons. The number of benzene rings is 3. The highest BCUT2D eigenvalue weighted by atomic mass is 79.9. The quantitative estimate of drug-likeness (QED) is 0.242. The van der Waals surface area contributed by atoms with E-state index in [1.807, 2.05) is 48.5 Å². The second-order valence-electron chi connectivity index (χ2n) is 12.0. The molecule has 242 valence electrons. The van der Waals surface area contributed by atoms with E-state index in [9.17, 15) is 24.6 Å². The summed E-state index contributed by atoms with van der Waals surface area (Å²) in [7, 11) is 1.45. The van der Waals surface area contributed by atoms with Gasteiger partial charge in [0.1, 0.15) is 0 Å². The maximum Gasteiger partial charge on any atom is 0.297 e. The Labute approximate surface area is 281 Å². The first-order valence-corrected chi connectivity index (χ1v) is 16.3. The summed E-state index contributed by atoms with van der Waals surface area (Å²) in [6.45, 7) is 2.22. The van der Waals surface area contributed by atoms with Crippen LogP contribution in [0.3, 0.4) is 0 Å². The van der Waals surface area contributed by atoms with E-state index in [1.165, 1.54) is 11.7 Å². The van der Waals surface area contributed by atoms with Crippen molar-refractivity contribution in [3.05, 3.63) is 134 Å². The van der Waals surface area contributed by atoms with E-state index in [4.69, 9.17) is 4.74 Å². The summed E-state index contributed by atoms with van der Waals surface area (Å²) in [5, 5.41) is 22.1. The van der Waals surface area contributed by atoms with Crippen molar-refractivity contribution in [2.24, 2.45) is 5.92 Å². The van der Waals surface area contributed by atoms with Crippen LogP contribution in [-0.4, -0.2) is 51.3 Å². The van der Waals surface area contributed by atoms with Crippen LogP contribution in [0.5, 0.6) is 5.75 Å². The number of pyridine rings is 1. The zero-order chi connectivity index (χ0) is 33.3.